The van der Waals surface area contributed by atoms with E-state index in [1.54, 1.807) is 0 Å². The Bertz CT molecular complexity index is 243. The van der Waals surface area contributed by atoms with Gasteiger partial charge in [-0.2, -0.15) is 0 Å². The Labute approximate surface area is 142 Å². The number of amides is 1. The highest BCUT2D eigenvalue weighted by Crippen LogP contribution is 2.04. The summed E-state index contributed by atoms with van der Waals surface area (Å²) in [5.41, 5.74) is 0. The molecule has 1 amide bonds. The highest BCUT2D eigenvalue weighted by molar-refractivity contribution is 5.85. The second kappa shape index (κ2) is 14.9. The van der Waals surface area contributed by atoms with Gasteiger partial charge in [-0.05, 0) is 64.8 Å². The minimum absolute atomic E-state index is 0. The van der Waals surface area contributed by atoms with Crippen LogP contribution < -0.4 is 10.6 Å². The van der Waals surface area contributed by atoms with Crippen LogP contribution in [0.5, 0.6) is 0 Å². The largest absolute Gasteiger partial charge is 0.353 e. The molecular weight excluding hydrogens is 309 g/mol. The van der Waals surface area contributed by atoms with E-state index in [9.17, 15) is 4.79 Å². The summed E-state index contributed by atoms with van der Waals surface area (Å²) in [5, 5.41) is 6.48. The molecule has 0 spiro atoms. The van der Waals surface area contributed by atoms with Crippen LogP contribution in [-0.4, -0.2) is 49.6 Å². The van der Waals surface area contributed by atoms with E-state index >= 15 is 0 Å². The van der Waals surface area contributed by atoms with Crippen LogP contribution in [0.2, 0.25) is 0 Å². The molecule has 0 unspecified atom stereocenters. The normalized spacial score (nSPS) is 15.2. The number of hydrogen-bond acceptors (Lipinski definition) is 3. The Morgan fingerprint density at radius 1 is 1.10 bits per heavy atom. The third kappa shape index (κ3) is 11.2. The summed E-state index contributed by atoms with van der Waals surface area (Å²) in [6.45, 7) is 9.87. The van der Waals surface area contributed by atoms with E-state index in [1.807, 2.05) is 0 Å². The molecule has 128 valence electrons. The average Bonchev–Trinajstić information content (AvgIpc) is 2.40. The number of piperidine rings is 1. The van der Waals surface area contributed by atoms with Gasteiger partial charge >= 0.3 is 0 Å². The fourth-order valence-electron chi connectivity index (χ4n) is 2.70. The number of carbonyl (C=O) groups is 1. The summed E-state index contributed by atoms with van der Waals surface area (Å²) >= 11 is 0. The van der Waals surface area contributed by atoms with Crippen molar-refractivity contribution < 1.29 is 4.79 Å². The second-order valence-electron chi connectivity index (χ2n) is 5.54. The van der Waals surface area contributed by atoms with Gasteiger partial charge in [-0.3, -0.25) is 4.79 Å². The van der Waals surface area contributed by atoms with E-state index in [2.05, 4.69) is 29.4 Å². The van der Waals surface area contributed by atoms with E-state index in [1.165, 1.54) is 12.8 Å². The van der Waals surface area contributed by atoms with Crippen LogP contribution in [0.3, 0.4) is 0 Å². The molecule has 0 atom stereocenters. The third-order valence-corrected chi connectivity index (χ3v) is 3.66. The van der Waals surface area contributed by atoms with E-state index in [0.717, 1.165) is 52.0 Å². The van der Waals surface area contributed by atoms with Gasteiger partial charge in [0.1, 0.15) is 0 Å². The van der Waals surface area contributed by atoms with Gasteiger partial charge in [-0.25, -0.2) is 0 Å². The topological polar surface area (TPSA) is 44.4 Å². The molecule has 0 aromatic rings. The number of hydrogen-bond donors (Lipinski definition) is 2. The van der Waals surface area contributed by atoms with Crippen LogP contribution in [0.25, 0.3) is 0 Å². The molecule has 0 saturated carbocycles. The molecule has 0 aromatic carbocycles. The molecule has 1 saturated heterocycles. The van der Waals surface area contributed by atoms with Crippen molar-refractivity contribution in [3.05, 3.63) is 0 Å². The van der Waals surface area contributed by atoms with Crippen molar-refractivity contribution in [2.75, 3.05) is 32.7 Å². The Morgan fingerprint density at radius 3 is 2.19 bits per heavy atom. The smallest absolute Gasteiger partial charge is 0.220 e. The Hall–Kier alpha value is -0.0300. The van der Waals surface area contributed by atoms with Crippen molar-refractivity contribution in [3.63, 3.8) is 0 Å². The molecule has 1 fully saturated rings. The highest BCUT2D eigenvalue weighted by Gasteiger charge is 2.15. The van der Waals surface area contributed by atoms with E-state index in [0.29, 0.717) is 12.5 Å². The van der Waals surface area contributed by atoms with Gasteiger partial charge in [0.15, 0.2) is 0 Å². The monoisotopic (exact) mass is 341 g/mol. The molecule has 0 radical (unpaired) electrons. The minimum atomic E-state index is 0. The Kier molecular flexibility index (Phi) is 16.5. The quantitative estimate of drug-likeness (QED) is 0.677. The second-order valence-corrected chi connectivity index (χ2v) is 5.54. The summed E-state index contributed by atoms with van der Waals surface area (Å²) in [6.07, 6.45) is 6.19. The SMILES string of the molecule is CCCN(CCC)CCCC(=O)NC1CCNCC1.Cl.Cl. The standard InChI is InChI=1S/C15H31N3O.2ClH/c1-3-11-18(12-4-2)13-5-6-15(19)17-14-7-9-16-10-8-14;;/h14,16H,3-13H2,1-2H3,(H,17,19);2*1H. The number of nitrogens with one attached hydrogen (secondary N) is 2. The van der Waals surface area contributed by atoms with Gasteiger partial charge in [0.05, 0.1) is 0 Å². The van der Waals surface area contributed by atoms with E-state index < -0.39 is 0 Å². The average molecular weight is 342 g/mol. The molecule has 0 bridgehead atoms. The highest BCUT2D eigenvalue weighted by atomic mass is 35.5. The number of carbonyl (C=O) groups excluding carboxylic acids is 1. The Balaban J connectivity index is 0. The Morgan fingerprint density at radius 2 is 1.67 bits per heavy atom. The summed E-state index contributed by atoms with van der Waals surface area (Å²) in [6, 6.07) is 0.399. The zero-order chi connectivity index (χ0) is 13.9. The molecule has 1 rings (SSSR count). The van der Waals surface area contributed by atoms with Crippen molar-refractivity contribution in [1.29, 1.82) is 0 Å². The number of rotatable bonds is 9. The molecule has 0 aliphatic carbocycles. The van der Waals surface area contributed by atoms with Gasteiger partial charge < -0.3 is 15.5 Å². The predicted molar refractivity (Wildman–Crippen MR) is 94.8 cm³/mol. The molecule has 1 aliphatic heterocycles. The zero-order valence-electron chi connectivity index (χ0n) is 13.5. The fraction of sp³-hybridized carbons (Fsp3) is 0.933. The van der Waals surface area contributed by atoms with Crippen LogP contribution in [0.15, 0.2) is 0 Å². The molecular formula is C15H33Cl2N3O. The lowest BCUT2D eigenvalue weighted by molar-refractivity contribution is -0.122. The van der Waals surface area contributed by atoms with Crippen molar-refractivity contribution in [3.8, 4) is 0 Å². The van der Waals surface area contributed by atoms with Crippen molar-refractivity contribution in [2.45, 2.75) is 58.4 Å². The van der Waals surface area contributed by atoms with Gasteiger partial charge in [0, 0.05) is 12.5 Å². The zero-order valence-corrected chi connectivity index (χ0v) is 15.2. The van der Waals surface area contributed by atoms with Crippen LogP contribution in [-0.2, 0) is 4.79 Å². The summed E-state index contributed by atoms with van der Waals surface area (Å²) in [7, 11) is 0. The lowest BCUT2D eigenvalue weighted by atomic mass is 10.1. The first-order valence-corrected chi connectivity index (χ1v) is 7.98. The van der Waals surface area contributed by atoms with Crippen molar-refractivity contribution in [2.24, 2.45) is 0 Å². The number of nitrogens with zero attached hydrogens (tertiary/aromatic N) is 1. The molecule has 21 heavy (non-hydrogen) atoms. The van der Waals surface area contributed by atoms with Gasteiger partial charge in [-0.1, -0.05) is 13.8 Å². The van der Waals surface area contributed by atoms with Crippen LogP contribution >= 0.6 is 24.8 Å². The van der Waals surface area contributed by atoms with Crippen molar-refractivity contribution in [1.82, 2.24) is 15.5 Å². The first kappa shape index (κ1) is 23.2. The molecule has 2 N–H and O–H groups in total. The maximum absolute atomic E-state index is 11.9. The first-order chi connectivity index (χ1) is 9.26. The van der Waals surface area contributed by atoms with Gasteiger partial charge in [0.2, 0.25) is 5.91 Å². The van der Waals surface area contributed by atoms with Crippen LogP contribution in [0, 0.1) is 0 Å². The van der Waals surface area contributed by atoms with Gasteiger partial charge in [0.25, 0.3) is 0 Å². The lowest BCUT2D eigenvalue weighted by Gasteiger charge is -2.24. The molecule has 6 heteroatoms. The first-order valence-electron chi connectivity index (χ1n) is 7.98. The maximum atomic E-state index is 11.9. The predicted octanol–water partition coefficient (Wildman–Crippen LogP) is 2.60. The number of halogens is 2. The summed E-state index contributed by atoms with van der Waals surface area (Å²) < 4.78 is 0. The van der Waals surface area contributed by atoms with Crippen molar-refractivity contribution >= 4 is 30.7 Å². The summed E-state index contributed by atoms with van der Waals surface area (Å²) in [5.74, 6) is 0.236. The minimum Gasteiger partial charge on any atom is -0.353 e. The lowest BCUT2D eigenvalue weighted by Crippen LogP contribution is -2.42. The third-order valence-electron chi connectivity index (χ3n) is 3.66. The van der Waals surface area contributed by atoms with Gasteiger partial charge in [-0.15, -0.1) is 24.8 Å². The van der Waals surface area contributed by atoms with Crippen LogP contribution in [0.1, 0.15) is 52.4 Å². The van der Waals surface area contributed by atoms with E-state index in [4.69, 9.17) is 0 Å². The molecule has 0 aromatic heterocycles. The van der Waals surface area contributed by atoms with Crippen LogP contribution in [0.4, 0.5) is 0 Å². The molecule has 4 nitrogen and oxygen atoms in total. The maximum Gasteiger partial charge on any atom is 0.220 e. The molecule has 1 aliphatic rings. The fourth-order valence-corrected chi connectivity index (χ4v) is 2.70. The summed E-state index contributed by atoms with van der Waals surface area (Å²) in [4.78, 5) is 14.3. The molecule has 1 heterocycles. The van der Waals surface area contributed by atoms with E-state index in [-0.39, 0.29) is 30.7 Å².